The summed E-state index contributed by atoms with van der Waals surface area (Å²) in [6.45, 7) is 1.93. The van der Waals surface area contributed by atoms with Gasteiger partial charge in [0.1, 0.15) is 6.04 Å². The number of methoxy groups -OCH3 is 1. The molecule has 0 saturated carbocycles. The first-order chi connectivity index (χ1) is 7.38. The molecule has 1 aliphatic heterocycles. The molecular weight excluding hydrogens is 234 g/mol. The van der Waals surface area contributed by atoms with Gasteiger partial charge in [-0.3, -0.25) is 4.79 Å². The number of carboxylic acid groups (broad SMARTS) is 1. The van der Waals surface area contributed by atoms with Gasteiger partial charge in [-0.2, -0.15) is 4.31 Å². The van der Waals surface area contributed by atoms with E-state index < -0.39 is 28.1 Å². The summed E-state index contributed by atoms with van der Waals surface area (Å²) in [5, 5.41) is 8.90. The van der Waals surface area contributed by atoms with E-state index in [9.17, 15) is 13.2 Å². The van der Waals surface area contributed by atoms with E-state index in [2.05, 4.69) is 0 Å². The summed E-state index contributed by atoms with van der Waals surface area (Å²) >= 11 is 0. The summed E-state index contributed by atoms with van der Waals surface area (Å²) in [4.78, 5) is 10.9. The largest absolute Gasteiger partial charge is 0.480 e. The molecule has 1 N–H and O–H groups in total. The summed E-state index contributed by atoms with van der Waals surface area (Å²) in [5.41, 5.74) is 0. The maximum atomic E-state index is 11.9. The van der Waals surface area contributed by atoms with E-state index in [1.165, 1.54) is 7.11 Å². The van der Waals surface area contributed by atoms with Crippen LogP contribution < -0.4 is 0 Å². The monoisotopic (exact) mass is 251 g/mol. The average molecular weight is 251 g/mol. The molecule has 2 atom stereocenters. The SMILES string of the molecule is COC(C)CS(=O)(=O)N1CCC[C@H]1C(=O)O. The minimum atomic E-state index is -3.54. The molecule has 6 nitrogen and oxygen atoms in total. The average Bonchev–Trinajstić information content (AvgIpc) is 2.65. The zero-order chi connectivity index (χ0) is 12.3. The van der Waals surface area contributed by atoms with E-state index in [1.807, 2.05) is 0 Å². The van der Waals surface area contributed by atoms with Crippen molar-refractivity contribution in [3.8, 4) is 0 Å². The van der Waals surface area contributed by atoms with Crippen molar-refractivity contribution in [2.24, 2.45) is 0 Å². The third kappa shape index (κ3) is 2.93. The predicted octanol–water partition coefficient (Wildman–Crippen LogP) is -0.0999. The first kappa shape index (κ1) is 13.4. The van der Waals surface area contributed by atoms with Crippen LogP contribution in [0.3, 0.4) is 0 Å². The molecule has 1 unspecified atom stereocenters. The van der Waals surface area contributed by atoms with Gasteiger partial charge in [0.05, 0.1) is 11.9 Å². The lowest BCUT2D eigenvalue weighted by atomic mass is 10.2. The third-order valence-corrected chi connectivity index (χ3v) is 4.74. The van der Waals surface area contributed by atoms with Crippen molar-refractivity contribution in [1.29, 1.82) is 0 Å². The van der Waals surface area contributed by atoms with Crippen molar-refractivity contribution in [2.45, 2.75) is 31.9 Å². The summed E-state index contributed by atoms with van der Waals surface area (Å²) in [5.74, 6) is -1.25. The van der Waals surface area contributed by atoms with Gasteiger partial charge in [0.25, 0.3) is 0 Å². The predicted molar refractivity (Wildman–Crippen MR) is 57.6 cm³/mol. The highest BCUT2D eigenvalue weighted by Gasteiger charge is 2.38. The molecule has 94 valence electrons. The molecule has 0 aliphatic carbocycles. The van der Waals surface area contributed by atoms with E-state index in [4.69, 9.17) is 9.84 Å². The van der Waals surface area contributed by atoms with Crippen LogP contribution in [0.4, 0.5) is 0 Å². The van der Waals surface area contributed by atoms with E-state index in [0.29, 0.717) is 12.8 Å². The number of sulfonamides is 1. The van der Waals surface area contributed by atoms with Crippen LogP contribution >= 0.6 is 0 Å². The van der Waals surface area contributed by atoms with Crippen molar-refractivity contribution in [3.05, 3.63) is 0 Å². The van der Waals surface area contributed by atoms with Gasteiger partial charge in [0.15, 0.2) is 0 Å². The fourth-order valence-electron chi connectivity index (χ4n) is 1.78. The van der Waals surface area contributed by atoms with Gasteiger partial charge in [-0.1, -0.05) is 0 Å². The highest BCUT2D eigenvalue weighted by atomic mass is 32.2. The maximum absolute atomic E-state index is 11.9. The van der Waals surface area contributed by atoms with E-state index in [1.54, 1.807) is 6.92 Å². The highest BCUT2D eigenvalue weighted by Crippen LogP contribution is 2.22. The molecular formula is C9H17NO5S. The van der Waals surface area contributed by atoms with Gasteiger partial charge in [-0.15, -0.1) is 0 Å². The number of aliphatic carboxylic acids is 1. The number of carboxylic acids is 1. The lowest BCUT2D eigenvalue weighted by Crippen LogP contribution is -2.43. The molecule has 1 fully saturated rings. The van der Waals surface area contributed by atoms with Gasteiger partial charge in [0.2, 0.25) is 10.0 Å². The third-order valence-electron chi connectivity index (χ3n) is 2.69. The molecule has 16 heavy (non-hydrogen) atoms. The second kappa shape index (κ2) is 5.11. The number of hydrogen-bond acceptors (Lipinski definition) is 4. The number of rotatable bonds is 5. The van der Waals surface area contributed by atoms with Crippen molar-refractivity contribution in [1.82, 2.24) is 4.31 Å². The molecule has 0 aromatic heterocycles. The smallest absolute Gasteiger partial charge is 0.322 e. The number of carbonyl (C=O) groups is 1. The van der Waals surface area contributed by atoms with Crippen LogP contribution in [-0.4, -0.2) is 55.4 Å². The van der Waals surface area contributed by atoms with E-state index in [-0.39, 0.29) is 12.3 Å². The van der Waals surface area contributed by atoms with Crippen LogP contribution in [0.5, 0.6) is 0 Å². The molecule has 1 heterocycles. The maximum Gasteiger partial charge on any atom is 0.322 e. The number of hydrogen-bond donors (Lipinski definition) is 1. The molecule has 0 radical (unpaired) electrons. The molecule has 0 spiro atoms. The molecule has 0 amide bonds. The Balaban J connectivity index is 2.79. The van der Waals surface area contributed by atoms with Crippen LogP contribution in [0, 0.1) is 0 Å². The Bertz CT molecular complexity index is 353. The second-order valence-corrected chi connectivity index (χ2v) is 5.90. The Labute approximate surface area is 95.2 Å². The molecule has 0 aromatic rings. The Kier molecular flexibility index (Phi) is 4.28. The topological polar surface area (TPSA) is 83.9 Å². The summed E-state index contributed by atoms with van der Waals surface area (Å²) < 4.78 is 29.8. The van der Waals surface area contributed by atoms with Crippen molar-refractivity contribution < 1.29 is 23.1 Å². The normalized spacial score (nSPS) is 24.5. The zero-order valence-corrected chi connectivity index (χ0v) is 10.2. The Morgan fingerprint density at radius 3 is 2.75 bits per heavy atom. The van der Waals surface area contributed by atoms with Gasteiger partial charge in [0, 0.05) is 13.7 Å². The molecule has 0 bridgehead atoms. The minimum absolute atomic E-state index is 0.173. The Morgan fingerprint density at radius 2 is 2.25 bits per heavy atom. The molecule has 0 aromatic carbocycles. The first-order valence-electron chi connectivity index (χ1n) is 5.13. The quantitative estimate of drug-likeness (QED) is 0.737. The Morgan fingerprint density at radius 1 is 1.62 bits per heavy atom. The van der Waals surface area contributed by atoms with Crippen LogP contribution in [0.1, 0.15) is 19.8 Å². The summed E-state index contributed by atoms with van der Waals surface area (Å²) in [7, 11) is -2.11. The van der Waals surface area contributed by atoms with Gasteiger partial charge in [-0.05, 0) is 19.8 Å². The number of ether oxygens (including phenoxy) is 1. The number of nitrogens with zero attached hydrogens (tertiary/aromatic N) is 1. The second-order valence-electron chi connectivity index (χ2n) is 3.93. The van der Waals surface area contributed by atoms with Gasteiger partial charge >= 0.3 is 5.97 Å². The summed E-state index contributed by atoms with van der Waals surface area (Å²) in [6, 6.07) is -0.908. The van der Waals surface area contributed by atoms with E-state index in [0.717, 1.165) is 4.31 Å². The lowest BCUT2D eigenvalue weighted by molar-refractivity contribution is -0.140. The molecule has 1 saturated heterocycles. The van der Waals surface area contributed by atoms with Crippen molar-refractivity contribution in [3.63, 3.8) is 0 Å². The van der Waals surface area contributed by atoms with Crippen LogP contribution in [-0.2, 0) is 19.6 Å². The summed E-state index contributed by atoms with van der Waals surface area (Å²) in [6.07, 6.45) is 0.549. The minimum Gasteiger partial charge on any atom is -0.480 e. The van der Waals surface area contributed by atoms with E-state index >= 15 is 0 Å². The fourth-order valence-corrected chi connectivity index (χ4v) is 3.69. The van der Waals surface area contributed by atoms with Crippen molar-refractivity contribution in [2.75, 3.05) is 19.4 Å². The molecule has 1 aliphatic rings. The van der Waals surface area contributed by atoms with Crippen LogP contribution in [0.25, 0.3) is 0 Å². The van der Waals surface area contributed by atoms with Crippen molar-refractivity contribution >= 4 is 16.0 Å². The molecule has 1 rings (SSSR count). The molecule has 7 heteroatoms. The fraction of sp³-hybridized carbons (Fsp3) is 0.889. The first-order valence-corrected chi connectivity index (χ1v) is 6.74. The van der Waals surface area contributed by atoms with Gasteiger partial charge < -0.3 is 9.84 Å². The van der Waals surface area contributed by atoms with Gasteiger partial charge in [-0.25, -0.2) is 8.42 Å². The highest BCUT2D eigenvalue weighted by molar-refractivity contribution is 7.89. The lowest BCUT2D eigenvalue weighted by Gasteiger charge is -2.22. The zero-order valence-electron chi connectivity index (χ0n) is 9.42. The standard InChI is InChI=1S/C9H17NO5S/c1-7(15-2)6-16(13,14)10-5-3-4-8(10)9(11)12/h7-8H,3-6H2,1-2H3,(H,11,12)/t7?,8-/m0/s1. The Hall–Kier alpha value is -0.660. The van der Waals surface area contributed by atoms with Crippen LogP contribution in [0.2, 0.25) is 0 Å². The van der Waals surface area contributed by atoms with Crippen LogP contribution in [0.15, 0.2) is 0 Å².